The molecule has 2 rings (SSSR count). The molecule has 0 aliphatic rings. The van der Waals surface area contributed by atoms with Gasteiger partial charge in [0.25, 0.3) is 5.91 Å². The number of rotatable bonds is 3. The number of halogens is 3. The summed E-state index contributed by atoms with van der Waals surface area (Å²) in [6.07, 6.45) is 0. The van der Waals surface area contributed by atoms with Gasteiger partial charge < -0.3 is 15.2 Å². The molecule has 1 amide bonds. The van der Waals surface area contributed by atoms with Gasteiger partial charge in [0.1, 0.15) is 0 Å². The summed E-state index contributed by atoms with van der Waals surface area (Å²) in [4.78, 5) is 11.9. The fourth-order valence-corrected chi connectivity index (χ4v) is 1.68. The van der Waals surface area contributed by atoms with Crippen LogP contribution in [0.5, 0.6) is 11.5 Å². The van der Waals surface area contributed by atoms with Crippen molar-refractivity contribution in [2.24, 2.45) is 0 Å². The third-order valence-corrected chi connectivity index (χ3v) is 2.75. The van der Waals surface area contributed by atoms with E-state index in [-0.39, 0.29) is 11.3 Å². The van der Waals surface area contributed by atoms with E-state index in [4.69, 9.17) is 4.74 Å². The minimum Gasteiger partial charge on any atom is -0.504 e. The molecule has 0 heterocycles. The topological polar surface area (TPSA) is 58.6 Å². The van der Waals surface area contributed by atoms with Crippen LogP contribution >= 0.6 is 0 Å². The summed E-state index contributed by atoms with van der Waals surface area (Å²) in [5.74, 6) is -5.87. The molecule has 4 nitrogen and oxygen atoms in total. The molecular weight excluding hydrogens is 287 g/mol. The van der Waals surface area contributed by atoms with Gasteiger partial charge in [-0.05, 0) is 24.3 Å². The first-order valence-corrected chi connectivity index (χ1v) is 5.76. The summed E-state index contributed by atoms with van der Waals surface area (Å²) >= 11 is 0. The molecule has 0 radical (unpaired) electrons. The number of nitrogens with one attached hydrogen (secondary N) is 1. The number of phenols is 1. The zero-order valence-corrected chi connectivity index (χ0v) is 10.8. The number of para-hydroxylation sites is 1. The van der Waals surface area contributed by atoms with Gasteiger partial charge in [0, 0.05) is 0 Å². The van der Waals surface area contributed by atoms with Gasteiger partial charge in [0.15, 0.2) is 29.0 Å². The Bertz CT molecular complexity index is 704. The number of anilines is 1. The van der Waals surface area contributed by atoms with E-state index < -0.39 is 34.8 Å². The lowest BCUT2D eigenvalue weighted by molar-refractivity contribution is 0.102. The molecule has 110 valence electrons. The Labute approximate surface area is 117 Å². The largest absolute Gasteiger partial charge is 0.504 e. The van der Waals surface area contributed by atoms with Crippen LogP contribution in [-0.4, -0.2) is 18.1 Å². The molecule has 0 aliphatic heterocycles. The third kappa shape index (κ3) is 2.76. The molecule has 0 fully saturated rings. The van der Waals surface area contributed by atoms with Crippen LogP contribution in [0.25, 0.3) is 0 Å². The highest BCUT2D eigenvalue weighted by Gasteiger charge is 2.19. The highest BCUT2D eigenvalue weighted by Crippen LogP contribution is 2.30. The minimum absolute atomic E-state index is 0.0495. The van der Waals surface area contributed by atoms with Crippen molar-refractivity contribution in [2.75, 3.05) is 12.4 Å². The summed E-state index contributed by atoms with van der Waals surface area (Å²) < 4.78 is 44.2. The predicted molar refractivity (Wildman–Crippen MR) is 68.9 cm³/mol. The highest BCUT2D eigenvalue weighted by molar-refractivity contribution is 6.06. The lowest BCUT2D eigenvalue weighted by Gasteiger charge is -2.10. The van der Waals surface area contributed by atoms with Crippen molar-refractivity contribution in [3.8, 4) is 11.5 Å². The Morgan fingerprint density at radius 1 is 1.14 bits per heavy atom. The van der Waals surface area contributed by atoms with Crippen LogP contribution < -0.4 is 10.1 Å². The molecule has 2 aromatic rings. The number of phenolic OH excluding ortho intramolecular Hbond substituents is 1. The molecule has 2 aromatic carbocycles. The first kappa shape index (κ1) is 14.7. The number of carbonyl (C=O) groups is 1. The quantitative estimate of drug-likeness (QED) is 0.856. The van der Waals surface area contributed by atoms with Crippen molar-refractivity contribution in [3.05, 3.63) is 53.3 Å². The van der Waals surface area contributed by atoms with Crippen LogP contribution in [0, 0.1) is 17.5 Å². The summed E-state index contributed by atoms with van der Waals surface area (Å²) in [6.45, 7) is 0. The van der Waals surface area contributed by atoms with Gasteiger partial charge in [-0.25, -0.2) is 13.2 Å². The second-order valence-corrected chi connectivity index (χ2v) is 4.03. The average molecular weight is 297 g/mol. The summed E-state index contributed by atoms with van der Waals surface area (Å²) in [7, 11) is 1.30. The molecule has 0 spiro atoms. The zero-order chi connectivity index (χ0) is 15.6. The third-order valence-electron chi connectivity index (χ3n) is 2.75. The molecule has 7 heteroatoms. The monoisotopic (exact) mass is 297 g/mol. The Hall–Kier alpha value is -2.70. The molecule has 0 bridgehead atoms. The number of carbonyl (C=O) groups excluding carboxylic acids is 1. The van der Waals surface area contributed by atoms with Crippen molar-refractivity contribution in [3.63, 3.8) is 0 Å². The predicted octanol–water partition coefficient (Wildman–Crippen LogP) is 3.07. The molecule has 0 saturated carbocycles. The number of hydrogen-bond acceptors (Lipinski definition) is 3. The van der Waals surface area contributed by atoms with Crippen LogP contribution in [0.4, 0.5) is 18.9 Å². The molecule has 0 atom stereocenters. The van der Waals surface area contributed by atoms with E-state index in [0.29, 0.717) is 6.07 Å². The van der Waals surface area contributed by atoms with Crippen LogP contribution in [0.1, 0.15) is 10.4 Å². The number of methoxy groups -OCH3 is 1. The van der Waals surface area contributed by atoms with Gasteiger partial charge >= 0.3 is 0 Å². The first-order valence-electron chi connectivity index (χ1n) is 5.76. The lowest BCUT2D eigenvalue weighted by Crippen LogP contribution is -2.14. The molecule has 2 N–H and O–H groups in total. The van der Waals surface area contributed by atoms with Gasteiger partial charge in [0.05, 0.1) is 18.4 Å². The smallest absolute Gasteiger partial charge is 0.259 e. The van der Waals surface area contributed by atoms with Crippen LogP contribution in [0.15, 0.2) is 30.3 Å². The second-order valence-electron chi connectivity index (χ2n) is 4.03. The van der Waals surface area contributed by atoms with Gasteiger partial charge in [-0.1, -0.05) is 6.07 Å². The molecule has 0 saturated heterocycles. The van der Waals surface area contributed by atoms with Crippen LogP contribution in [-0.2, 0) is 0 Å². The van der Waals surface area contributed by atoms with Crippen molar-refractivity contribution >= 4 is 11.6 Å². The van der Waals surface area contributed by atoms with E-state index in [1.807, 2.05) is 0 Å². The molecule has 0 aromatic heterocycles. The zero-order valence-electron chi connectivity index (χ0n) is 10.8. The Balaban J connectivity index is 2.33. The Morgan fingerprint density at radius 3 is 2.52 bits per heavy atom. The Kier molecular flexibility index (Phi) is 4.02. The summed E-state index contributed by atoms with van der Waals surface area (Å²) in [6, 6.07) is 5.69. The van der Waals surface area contributed by atoms with Gasteiger partial charge in [-0.15, -0.1) is 0 Å². The maximum atomic E-state index is 13.5. The van der Waals surface area contributed by atoms with E-state index in [2.05, 4.69) is 5.32 Å². The van der Waals surface area contributed by atoms with E-state index in [0.717, 1.165) is 6.07 Å². The molecular formula is C14H10F3NO3. The fourth-order valence-electron chi connectivity index (χ4n) is 1.68. The molecule has 21 heavy (non-hydrogen) atoms. The van der Waals surface area contributed by atoms with Crippen molar-refractivity contribution in [1.82, 2.24) is 0 Å². The number of aromatic hydroxyl groups is 1. The van der Waals surface area contributed by atoms with Crippen LogP contribution in [0.3, 0.4) is 0 Å². The summed E-state index contributed by atoms with van der Waals surface area (Å²) in [5, 5.41) is 11.8. The van der Waals surface area contributed by atoms with Gasteiger partial charge in [0.2, 0.25) is 0 Å². The number of benzene rings is 2. The molecule has 0 unspecified atom stereocenters. The van der Waals surface area contributed by atoms with Crippen LogP contribution in [0.2, 0.25) is 0 Å². The average Bonchev–Trinajstić information content (AvgIpc) is 2.48. The maximum Gasteiger partial charge on any atom is 0.259 e. The second kappa shape index (κ2) is 5.74. The lowest BCUT2D eigenvalue weighted by atomic mass is 10.1. The SMILES string of the molecule is COc1cccc(C(=O)Nc2ccc(F)c(F)c2F)c1O. The number of ether oxygens (including phenoxy) is 1. The Morgan fingerprint density at radius 2 is 1.86 bits per heavy atom. The number of amides is 1. The first-order chi connectivity index (χ1) is 9.95. The van der Waals surface area contributed by atoms with E-state index in [1.54, 1.807) is 0 Å². The fraction of sp³-hybridized carbons (Fsp3) is 0.0714. The normalized spacial score (nSPS) is 10.3. The standard InChI is InChI=1S/C14H10F3NO3/c1-21-10-4-2-3-7(13(10)19)14(20)18-9-6-5-8(15)11(16)12(9)17/h2-6,19H,1H3,(H,18,20). The van der Waals surface area contributed by atoms with Gasteiger partial charge in [-0.2, -0.15) is 0 Å². The van der Waals surface area contributed by atoms with E-state index >= 15 is 0 Å². The minimum atomic E-state index is -1.69. The van der Waals surface area contributed by atoms with Crippen molar-refractivity contribution < 1.29 is 27.8 Å². The maximum absolute atomic E-state index is 13.5. The van der Waals surface area contributed by atoms with Crippen molar-refractivity contribution in [2.45, 2.75) is 0 Å². The number of hydrogen-bond donors (Lipinski definition) is 2. The van der Waals surface area contributed by atoms with E-state index in [1.165, 1.54) is 25.3 Å². The van der Waals surface area contributed by atoms with Gasteiger partial charge in [-0.3, -0.25) is 4.79 Å². The molecule has 0 aliphatic carbocycles. The summed E-state index contributed by atoms with van der Waals surface area (Å²) in [5.41, 5.74) is -0.736. The van der Waals surface area contributed by atoms with Crippen molar-refractivity contribution in [1.29, 1.82) is 0 Å². The highest BCUT2D eigenvalue weighted by atomic mass is 19.2. The van der Waals surface area contributed by atoms with E-state index in [9.17, 15) is 23.1 Å².